The third-order valence-electron chi connectivity index (χ3n) is 3.53. The summed E-state index contributed by atoms with van der Waals surface area (Å²) in [7, 11) is 0. The summed E-state index contributed by atoms with van der Waals surface area (Å²) >= 11 is 0. The maximum atomic E-state index is 8.82. The Labute approximate surface area is 87.3 Å². The van der Waals surface area contributed by atoms with E-state index in [1.54, 1.807) is 0 Å². The van der Waals surface area contributed by atoms with Gasteiger partial charge in [-0.25, -0.2) is 0 Å². The Bertz CT molecular complexity index is 120. The van der Waals surface area contributed by atoms with E-state index in [0.717, 1.165) is 24.7 Å². The maximum Gasteiger partial charge on any atom is 0.0431 e. The Balaban J connectivity index is 2.26. The molecule has 14 heavy (non-hydrogen) atoms. The van der Waals surface area contributed by atoms with Crippen LogP contribution in [0.1, 0.15) is 51.4 Å². The summed E-state index contributed by atoms with van der Waals surface area (Å²) in [5.41, 5.74) is 0. The third-order valence-corrected chi connectivity index (χ3v) is 3.53. The fourth-order valence-electron chi connectivity index (χ4n) is 2.75. The number of hydrogen-bond donors (Lipinski definition) is 2. The second-order valence-corrected chi connectivity index (χ2v) is 4.54. The van der Waals surface area contributed by atoms with Crippen molar-refractivity contribution in [2.75, 3.05) is 13.2 Å². The Kier molecular flexibility index (Phi) is 6.20. The van der Waals surface area contributed by atoms with E-state index in [4.69, 9.17) is 10.2 Å². The zero-order valence-corrected chi connectivity index (χ0v) is 9.12. The molecule has 0 aliphatic heterocycles. The molecular weight excluding hydrogens is 176 g/mol. The summed E-state index contributed by atoms with van der Waals surface area (Å²) in [6.07, 6.45) is 9.71. The molecule has 1 aliphatic carbocycles. The average molecular weight is 200 g/mol. The van der Waals surface area contributed by atoms with Gasteiger partial charge >= 0.3 is 0 Å². The third kappa shape index (κ3) is 3.97. The molecule has 2 nitrogen and oxygen atoms in total. The second-order valence-electron chi connectivity index (χ2n) is 4.54. The molecule has 0 aromatic carbocycles. The van der Waals surface area contributed by atoms with Gasteiger partial charge in [-0.05, 0) is 37.5 Å². The smallest absolute Gasteiger partial charge is 0.0431 e. The zero-order chi connectivity index (χ0) is 10.2. The minimum Gasteiger partial charge on any atom is -0.396 e. The molecule has 1 aliphatic rings. The zero-order valence-electron chi connectivity index (χ0n) is 9.12. The summed E-state index contributed by atoms with van der Waals surface area (Å²) in [5, 5.41) is 17.6. The van der Waals surface area contributed by atoms with Crippen LogP contribution in [0.4, 0.5) is 0 Å². The first-order valence-electron chi connectivity index (χ1n) is 6.10. The van der Waals surface area contributed by atoms with Crippen molar-refractivity contribution in [2.45, 2.75) is 51.4 Å². The van der Waals surface area contributed by atoms with Crippen molar-refractivity contribution in [1.82, 2.24) is 0 Å². The molecule has 2 unspecified atom stereocenters. The van der Waals surface area contributed by atoms with Gasteiger partial charge in [0.25, 0.3) is 0 Å². The van der Waals surface area contributed by atoms with Crippen LogP contribution in [0.3, 0.4) is 0 Å². The van der Waals surface area contributed by atoms with E-state index < -0.39 is 0 Å². The predicted octanol–water partition coefficient (Wildman–Crippen LogP) is 2.34. The Hall–Kier alpha value is -0.0800. The summed E-state index contributed by atoms with van der Waals surface area (Å²) < 4.78 is 0. The fraction of sp³-hybridized carbons (Fsp3) is 1.00. The number of rotatable bonds is 6. The molecule has 1 rings (SSSR count). The Morgan fingerprint density at radius 2 is 1.21 bits per heavy atom. The highest BCUT2D eigenvalue weighted by Crippen LogP contribution is 2.35. The van der Waals surface area contributed by atoms with Crippen LogP contribution < -0.4 is 0 Å². The van der Waals surface area contributed by atoms with Crippen molar-refractivity contribution >= 4 is 0 Å². The minimum absolute atomic E-state index is 0.337. The first-order valence-corrected chi connectivity index (χ1v) is 6.10. The topological polar surface area (TPSA) is 40.5 Å². The largest absolute Gasteiger partial charge is 0.396 e. The number of hydrogen-bond acceptors (Lipinski definition) is 2. The summed E-state index contributed by atoms with van der Waals surface area (Å²) in [6, 6.07) is 0. The highest BCUT2D eigenvalue weighted by atomic mass is 16.3. The van der Waals surface area contributed by atoms with E-state index >= 15 is 0 Å². The normalized spacial score (nSPS) is 27.9. The van der Waals surface area contributed by atoms with Gasteiger partial charge in [-0.1, -0.05) is 25.7 Å². The fourth-order valence-corrected chi connectivity index (χ4v) is 2.75. The Morgan fingerprint density at radius 1 is 0.786 bits per heavy atom. The first kappa shape index (κ1) is 12.0. The van der Waals surface area contributed by atoms with Gasteiger partial charge in [0.2, 0.25) is 0 Å². The van der Waals surface area contributed by atoms with Crippen LogP contribution >= 0.6 is 0 Å². The van der Waals surface area contributed by atoms with Gasteiger partial charge in [-0.2, -0.15) is 0 Å². The lowest BCUT2D eigenvalue weighted by molar-refractivity contribution is 0.175. The van der Waals surface area contributed by atoms with Crippen LogP contribution in [-0.2, 0) is 0 Å². The molecule has 2 heteroatoms. The highest BCUT2D eigenvalue weighted by Gasteiger charge is 2.23. The van der Waals surface area contributed by atoms with Crippen LogP contribution in [0.25, 0.3) is 0 Å². The van der Waals surface area contributed by atoms with E-state index in [9.17, 15) is 0 Å². The van der Waals surface area contributed by atoms with E-state index in [1.807, 2.05) is 0 Å². The molecule has 0 heterocycles. The molecule has 0 amide bonds. The van der Waals surface area contributed by atoms with Crippen LogP contribution in [-0.4, -0.2) is 23.4 Å². The SMILES string of the molecule is OCCCC1CCCCC1CCCO. The monoisotopic (exact) mass is 200 g/mol. The molecule has 0 saturated heterocycles. The molecule has 84 valence electrons. The van der Waals surface area contributed by atoms with Crippen molar-refractivity contribution in [3.63, 3.8) is 0 Å². The van der Waals surface area contributed by atoms with Gasteiger partial charge in [0, 0.05) is 13.2 Å². The highest BCUT2D eigenvalue weighted by molar-refractivity contribution is 4.75. The van der Waals surface area contributed by atoms with Crippen LogP contribution in [0, 0.1) is 11.8 Å². The Morgan fingerprint density at radius 3 is 1.57 bits per heavy atom. The number of aliphatic hydroxyl groups excluding tert-OH is 2. The molecule has 2 N–H and O–H groups in total. The van der Waals surface area contributed by atoms with Crippen molar-refractivity contribution in [3.05, 3.63) is 0 Å². The minimum atomic E-state index is 0.337. The lowest BCUT2D eigenvalue weighted by Gasteiger charge is -2.31. The standard InChI is InChI=1S/C12H24O2/c13-9-3-7-11-5-1-2-6-12(11)8-4-10-14/h11-14H,1-10H2. The molecule has 2 atom stereocenters. The molecule has 0 aromatic rings. The van der Waals surface area contributed by atoms with Gasteiger partial charge < -0.3 is 10.2 Å². The molecule has 0 spiro atoms. The summed E-state index contributed by atoms with van der Waals surface area (Å²) in [5.74, 6) is 1.64. The van der Waals surface area contributed by atoms with Crippen molar-refractivity contribution in [3.8, 4) is 0 Å². The molecule has 0 radical (unpaired) electrons. The second kappa shape index (κ2) is 7.24. The van der Waals surface area contributed by atoms with Crippen LogP contribution in [0.15, 0.2) is 0 Å². The van der Waals surface area contributed by atoms with Gasteiger partial charge in [0.1, 0.15) is 0 Å². The summed E-state index contributed by atoms with van der Waals surface area (Å²) in [6.45, 7) is 0.673. The molecule has 0 aromatic heterocycles. The van der Waals surface area contributed by atoms with E-state index in [2.05, 4.69) is 0 Å². The van der Waals surface area contributed by atoms with Gasteiger partial charge in [-0.15, -0.1) is 0 Å². The molecule has 1 saturated carbocycles. The van der Waals surface area contributed by atoms with Crippen LogP contribution in [0.5, 0.6) is 0 Å². The average Bonchev–Trinajstić information content (AvgIpc) is 2.24. The lowest BCUT2D eigenvalue weighted by atomic mass is 9.75. The van der Waals surface area contributed by atoms with Crippen molar-refractivity contribution in [2.24, 2.45) is 11.8 Å². The van der Waals surface area contributed by atoms with Gasteiger partial charge in [0.05, 0.1) is 0 Å². The maximum absolute atomic E-state index is 8.82. The van der Waals surface area contributed by atoms with Gasteiger partial charge in [-0.3, -0.25) is 0 Å². The summed E-state index contributed by atoms with van der Waals surface area (Å²) in [4.78, 5) is 0. The van der Waals surface area contributed by atoms with Crippen LogP contribution in [0.2, 0.25) is 0 Å². The quantitative estimate of drug-likeness (QED) is 0.691. The molecule has 0 bridgehead atoms. The van der Waals surface area contributed by atoms with E-state index in [1.165, 1.54) is 38.5 Å². The molecular formula is C12H24O2. The molecule has 1 fully saturated rings. The first-order chi connectivity index (χ1) is 6.88. The van der Waals surface area contributed by atoms with E-state index in [-0.39, 0.29) is 0 Å². The lowest BCUT2D eigenvalue weighted by Crippen LogP contribution is -2.20. The van der Waals surface area contributed by atoms with Crippen molar-refractivity contribution < 1.29 is 10.2 Å². The van der Waals surface area contributed by atoms with Gasteiger partial charge in [0.15, 0.2) is 0 Å². The number of aliphatic hydroxyl groups is 2. The van der Waals surface area contributed by atoms with E-state index in [0.29, 0.717) is 13.2 Å². The predicted molar refractivity (Wildman–Crippen MR) is 58.1 cm³/mol. The van der Waals surface area contributed by atoms with Crippen molar-refractivity contribution in [1.29, 1.82) is 0 Å².